The molecule has 12 rings (SSSR count). The molecule has 10 aromatic rings. The van der Waals surface area contributed by atoms with Gasteiger partial charge < -0.3 is 4.74 Å². The van der Waals surface area contributed by atoms with Gasteiger partial charge >= 0.3 is 5.97 Å². The molecule has 0 fully saturated rings. The standard InChI is InChI=1S/C19H17N3O2S.C17H15N3S.2C16H13N3/c1-2-24-16(23)13-25-19-20-17(14-9-5-3-6-10-14)18(21-22-19)15-11-7-4-8-12-15;1-2-21-17-18-15(13-9-5-3-6-10-13)16(19-20-17)14-11-7-4-8-12-14;2*1-12-17-15(13-8-4-2-5-9-13)16(19-18-12)14-10-6-3-7-11-14/h3-12H,2,13H2,1H3;3-12H,2H2,1H3;2*2-11,18H,1H2. The first-order valence-electron chi connectivity index (χ1n) is 26.9. The zero-order valence-corrected chi connectivity index (χ0v) is 47.9. The molecule has 2 aromatic heterocycles. The highest BCUT2D eigenvalue weighted by molar-refractivity contribution is 7.99. The largest absolute Gasteiger partial charge is 0.465 e. The lowest BCUT2D eigenvalue weighted by molar-refractivity contribution is -0.139. The Hall–Kier alpha value is -10.3. The quantitative estimate of drug-likeness (QED) is 0.0779. The van der Waals surface area contributed by atoms with Crippen LogP contribution in [0.5, 0.6) is 0 Å². The smallest absolute Gasteiger partial charge is 0.316 e. The number of carbonyl (C=O) groups is 1. The maximum Gasteiger partial charge on any atom is 0.316 e. The van der Waals surface area contributed by atoms with Gasteiger partial charge in [-0.3, -0.25) is 15.6 Å². The van der Waals surface area contributed by atoms with Crippen molar-refractivity contribution in [3.8, 4) is 45.0 Å². The van der Waals surface area contributed by atoms with Crippen molar-refractivity contribution in [2.75, 3.05) is 18.1 Å². The lowest BCUT2D eigenvalue weighted by atomic mass is 9.99. The van der Waals surface area contributed by atoms with Gasteiger partial charge in [0.05, 0.1) is 12.4 Å². The minimum atomic E-state index is -0.288. The van der Waals surface area contributed by atoms with Crippen LogP contribution in [0.4, 0.5) is 0 Å². The van der Waals surface area contributed by atoms with E-state index >= 15 is 0 Å². The molecule has 414 valence electrons. The third-order valence-corrected chi connectivity index (χ3v) is 13.7. The van der Waals surface area contributed by atoms with Crippen molar-refractivity contribution < 1.29 is 9.53 Å². The molecule has 0 aliphatic carbocycles. The number of nitrogens with one attached hydrogen (secondary N) is 2. The van der Waals surface area contributed by atoms with Crippen molar-refractivity contribution in [2.24, 2.45) is 20.2 Å². The zero-order valence-electron chi connectivity index (χ0n) is 46.2. The summed E-state index contributed by atoms with van der Waals surface area (Å²) in [5, 5.41) is 27.1. The third-order valence-electron chi connectivity index (χ3n) is 12.1. The number of esters is 1. The number of hydrogen-bond donors (Lipinski definition) is 2. The molecular weight excluding hydrogens is 1080 g/mol. The van der Waals surface area contributed by atoms with Gasteiger partial charge in [-0.25, -0.2) is 20.0 Å². The Morgan fingerprint density at radius 1 is 0.381 bits per heavy atom. The number of benzene rings is 8. The van der Waals surface area contributed by atoms with E-state index in [1.807, 2.05) is 231 Å². The number of ether oxygens (including phenoxy) is 1. The molecule has 0 spiro atoms. The summed E-state index contributed by atoms with van der Waals surface area (Å²) in [4.78, 5) is 29.9. The number of nitrogens with zero attached hydrogens (tertiary/aromatic N) is 10. The second kappa shape index (κ2) is 30.5. The van der Waals surface area contributed by atoms with Crippen LogP contribution in [0.3, 0.4) is 0 Å². The maximum atomic E-state index is 11.5. The highest BCUT2D eigenvalue weighted by Gasteiger charge is 2.20. The lowest BCUT2D eigenvalue weighted by Crippen LogP contribution is -2.25. The van der Waals surface area contributed by atoms with Crippen molar-refractivity contribution in [3.05, 3.63) is 290 Å². The van der Waals surface area contributed by atoms with E-state index in [0.29, 0.717) is 29.1 Å². The van der Waals surface area contributed by atoms with E-state index in [2.05, 4.69) is 88.6 Å². The maximum absolute atomic E-state index is 11.5. The van der Waals surface area contributed by atoms with Gasteiger partial charge in [0, 0.05) is 44.5 Å². The van der Waals surface area contributed by atoms with Gasteiger partial charge in [0.25, 0.3) is 0 Å². The highest BCUT2D eigenvalue weighted by atomic mass is 32.2. The van der Waals surface area contributed by atoms with Gasteiger partial charge in [-0.05, 0) is 12.7 Å². The number of hydrogen-bond acceptors (Lipinski definition) is 16. The van der Waals surface area contributed by atoms with E-state index in [9.17, 15) is 4.79 Å². The summed E-state index contributed by atoms with van der Waals surface area (Å²) >= 11 is 2.83. The summed E-state index contributed by atoms with van der Waals surface area (Å²) < 4.78 is 4.94. The highest BCUT2D eigenvalue weighted by Crippen LogP contribution is 2.31. The molecule has 0 unspecified atom stereocenters. The van der Waals surface area contributed by atoms with E-state index < -0.39 is 0 Å². The molecule has 0 bridgehead atoms. The molecule has 0 saturated heterocycles. The Labute approximate surface area is 497 Å². The number of rotatable bonds is 14. The molecule has 14 nitrogen and oxygen atoms in total. The summed E-state index contributed by atoms with van der Waals surface area (Å²) in [5.41, 5.74) is 20.3. The third kappa shape index (κ3) is 16.2. The number of aromatic nitrogens is 6. The fraction of sp³-hybridized carbons (Fsp3) is 0.0735. The van der Waals surface area contributed by atoms with E-state index in [1.54, 1.807) is 18.7 Å². The predicted molar refractivity (Wildman–Crippen MR) is 342 cm³/mol. The van der Waals surface area contributed by atoms with Crippen molar-refractivity contribution in [1.29, 1.82) is 0 Å². The first kappa shape index (κ1) is 58.4. The van der Waals surface area contributed by atoms with Crippen LogP contribution in [0, 0.1) is 0 Å². The molecule has 4 heterocycles. The van der Waals surface area contributed by atoms with Gasteiger partial charge in [0.1, 0.15) is 57.3 Å². The Bertz CT molecular complexity index is 3780. The second-order valence-electron chi connectivity index (χ2n) is 18.0. The van der Waals surface area contributed by atoms with E-state index in [-0.39, 0.29) is 11.7 Å². The molecule has 8 aromatic carbocycles. The Balaban J connectivity index is 0.000000135. The lowest BCUT2D eigenvalue weighted by Gasteiger charge is -2.16. The summed E-state index contributed by atoms with van der Waals surface area (Å²) in [7, 11) is 0. The van der Waals surface area contributed by atoms with Gasteiger partial charge in [0.15, 0.2) is 0 Å². The van der Waals surface area contributed by atoms with Gasteiger partial charge in [-0.15, -0.1) is 20.4 Å². The predicted octanol–water partition coefficient (Wildman–Crippen LogP) is 14.1. The molecule has 0 radical (unpaired) electrons. The van der Waals surface area contributed by atoms with Crippen molar-refractivity contribution in [3.63, 3.8) is 0 Å². The Morgan fingerprint density at radius 3 is 0.976 bits per heavy atom. The van der Waals surface area contributed by atoms with Crippen LogP contribution in [0.2, 0.25) is 0 Å². The van der Waals surface area contributed by atoms with E-state index in [0.717, 1.165) is 95.3 Å². The van der Waals surface area contributed by atoms with Gasteiger partial charge in [0.2, 0.25) is 10.3 Å². The van der Waals surface area contributed by atoms with Crippen LogP contribution in [-0.2, 0) is 9.53 Å². The topological polar surface area (TPSA) is 177 Å². The van der Waals surface area contributed by atoms with Crippen LogP contribution in [-0.4, -0.2) is 77.3 Å². The van der Waals surface area contributed by atoms with Crippen LogP contribution in [0.25, 0.3) is 45.0 Å². The van der Waals surface area contributed by atoms with Crippen molar-refractivity contribution in [1.82, 2.24) is 41.2 Å². The molecule has 0 amide bonds. The van der Waals surface area contributed by atoms with Gasteiger partial charge in [-0.1, -0.05) is 286 Å². The minimum absolute atomic E-state index is 0.161. The molecule has 0 atom stereocenters. The van der Waals surface area contributed by atoms with Crippen molar-refractivity contribution in [2.45, 2.75) is 24.2 Å². The fourth-order valence-electron chi connectivity index (χ4n) is 8.34. The summed E-state index contributed by atoms with van der Waals surface area (Å²) in [5.74, 6) is 1.91. The first-order valence-corrected chi connectivity index (χ1v) is 28.9. The molecular formula is C68H58N12O2S2. The van der Waals surface area contributed by atoms with Crippen LogP contribution in [0.15, 0.2) is 298 Å². The summed E-state index contributed by atoms with van der Waals surface area (Å²) in [6.07, 6.45) is 0. The number of hydrazone groups is 2. The van der Waals surface area contributed by atoms with Gasteiger partial charge in [-0.2, -0.15) is 10.2 Å². The molecule has 0 saturated carbocycles. The number of aliphatic imine (C=N–C) groups is 2. The van der Waals surface area contributed by atoms with Crippen molar-refractivity contribution >= 4 is 52.3 Å². The minimum Gasteiger partial charge on any atom is -0.465 e. The average Bonchev–Trinajstić information content (AvgIpc) is 3.75. The molecule has 2 aliphatic heterocycles. The second-order valence-corrected chi connectivity index (χ2v) is 20.2. The average molecular weight is 1140 g/mol. The molecule has 84 heavy (non-hydrogen) atoms. The first-order chi connectivity index (χ1) is 41.3. The normalized spacial score (nSPS) is 12.3. The van der Waals surface area contributed by atoms with E-state index in [1.165, 1.54) is 11.8 Å². The van der Waals surface area contributed by atoms with Crippen LogP contribution in [0.1, 0.15) is 36.1 Å². The van der Waals surface area contributed by atoms with E-state index in [4.69, 9.17) is 9.72 Å². The monoisotopic (exact) mass is 1140 g/mol. The van der Waals surface area contributed by atoms with Crippen LogP contribution < -0.4 is 10.9 Å². The number of carbonyl (C=O) groups excluding carboxylic acids is 1. The fourth-order valence-corrected chi connectivity index (χ4v) is 9.43. The van der Waals surface area contributed by atoms with Crippen LogP contribution >= 0.6 is 23.5 Å². The summed E-state index contributed by atoms with van der Waals surface area (Å²) in [6, 6.07) is 79.9. The molecule has 2 N–H and O–H groups in total. The Kier molecular flexibility index (Phi) is 21.2. The molecule has 16 heteroatoms. The Morgan fingerprint density at radius 2 is 0.667 bits per heavy atom. The number of thioether (sulfide) groups is 2. The SMILES string of the molecule is C=C1N=C(c2ccccc2)C(c2ccccc2)=NN1.C=C1N=C(c2ccccc2)C(c2ccccc2)=NN1.CCOC(=O)CSc1nnc(-c2ccccc2)c(-c2ccccc2)n1.CCSc1nnc(-c2ccccc2)c(-c2ccccc2)n1. The molecule has 2 aliphatic rings. The summed E-state index contributed by atoms with van der Waals surface area (Å²) in [6.45, 7) is 11.9. The zero-order chi connectivity index (χ0) is 58.1.